The second-order valence-electron chi connectivity index (χ2n) is 12.8. The molecule has 2 aliphatic heterocycles. The number of nitrogens with one attached hydrogen (secondary N) is 2. The number of ketones is 1. The molecule has 47 heavy (non-hydrogen) atoms. The summed E-state index contributed by atoms with van der Waals surface area (Å²) in [6.45, 7) is 4.54. The van der Waals surface area contributed by atoms with Crippen molar-refractivity contribution in [3.63, 3.8) is 0 Å². The van der Waals surface area contributed by atoms with Gasteiger partial charge in [0.05, 0.1) is 18.3 Å². The van der Waals surface area contributed by atoms with Crippen LogP contribution < -0.4 is 20.3 Å². The third-order valence-electron chi connectivity index (χ3n) is 8.63. The Kier molecular flexibility index (Phi) is 8.96. The van der Waals surface area contributed by atoms with Gasteiger partial charge in [-0.2, -0.15) is 0 Å². The van der Waals surface area contributed by atoms with Crippen LogP contribution >= 0.6 is 11.6 Å². The number of carbonyl (C=O) groups excluding carboxylic acids is 4. The summed E-state index contributed by atoms with van der Waals surface area (Å²) in [7, 11) is 0. The fraction of sp³-hybridized carbons (Fsp3) is 0.333. The van der Waals surface area contributed by atoms with Crippen molar-refractivity contribution >= 4 is 46.5 Å². The van der Waals surface area contributed by atoms with Crippen molar-refractivity contribution in [1.82, 2.24) is 5.32 Å². The summed E-state index contributed by atoms with van der Waals surface area (Å²) in [5.41, 5.74) is 2.66. The predicted molar refractivity (Wildman–Crippen MR) is 176 cm³/mol. The predicted octanol–water partition coefficient (Wildman–Crippen LogP) is 5.98. The van der Waals surface area contributed by atoms with Crippen molar-refractivity contribution in [2.75, 3.05) is 16.8 Å². The van der Waals surface area contributed by atoms with Crippen LogP contribution in [0.3, 0.4) is 0 Å². The highest BCUT2D eigenvalue weighted by Crippen LogP contribution is 2.51. The van der Waals surface area contributed by atoms with Crippen LogP contribution in [0.5, 0.6) is 11.5 Å². The van der Waals surface area contributed by atoms with Crippen LogP contribution in [0.15, 0.2) is 78.0 Å². The van der Waals surface area contributed by atoms with Gasteiger partial charge in [0.25, 0.3) is 0 Å². The highest BCUT2D eigenvalue weighted by atomic mass is 35.5. The molecule has 1 fully saturated rings. The number of rotatable bonds is 8. The zero-order valence-corrected chi connectivity index (χ0v) is 26.9. The number of para-hydroxylation sites is 1. The Morgan fingerprint density at radius 3 is 2.57 bits per heavy atom. The van der Waals surface area contributed by atoms with Gasteiger partial charge in [-0.1, -0.05) is 67.9 Å². The van der Waals surface area contributed by atoms with Crippen LogP contribution in [0.2, 0.25) is 5.02 Å². The Morgan fingerprint density at radius 1 is 1.06 bits per heavy atom. The Hall–Kier alpha value is -4.83. The lowest BCUT2D eigenvalue weighted by molar-refractivity contribution is -0.141. The van der Waals surface area contributed by atoms with E-state index in [1.807, 2.05) is 44.2 Å². The Morgan fingerprint density at radius 2 is 1.85 bits per heavy atom. The molecular weight excluding hydrogens is 622 g/mol. The van der Waals surface area contributed by atoms with E-state index in [0.717, 1.165) is 5.56 Å². The number of cyclic esters (lactones) is 1. The lowest BCUT2D eigenvalue weighted by Crippen LogP contribution is -2.41. The number of allylic oxidation sites excluding steroid dienone is 1. The largest absolute Gasteiger partial charge is 0.506 e. The van der Waals surface area contributed by atoms with E-state index in [9.17, 15) is 24.3 Å². The van der Waals surface area contributed by atoms with E-state index in [1.165, 1.54) is 11.0 Å². The van der Waals surface area contributed by atoms with Gasteiger partial charge in [-0.25, -0.2) is 4.79 Å². The van der Waals surface area contributed by atoms with E-state index in [1.54, 1.807) is 30.3 Å². The van der Waals surface area contributed by atoms with E-state index in [2.05, 4.69) is 10.6 Å². The van der Waals surface area contributed by atoms with E-state index < -0.39 is 29.9 Å². The molecule has 0 spiro atoms. The monoisotopic (exact) mass is 657 g/mol. The maximum atomic E-state index is 14.3. The highest BCUT2D eigenvalue weighted by Gasteiger charge is 2.44. The lowest BCUT2D eigenvalue weighted by atomic mass is 9.73. The lowest BCUT2D eigenvalue weighted by Gasteiger charge is -2.37. The van der Waals surface area contributed by atoms with Crippen LogP contribution in [0, 0.1) is 5.41 Å². The van der Waals surface area contributed by atoms with Gasteiger partial charge in [-0.05, 0) is 47.2 Å². The van der Waals surface area contributed by atoms with E-state index in [0.29, 0.717) is 47.7 Å². The number of aromatic hydroxyl groups is 1. The number of hydrogen-bond donors (Lipinski definition) is 3. The van der Waals surface area contributed by atoms with Crippen LogP contribution in [-0.2, 0) is 30.5 Å². The third kappa shape index (κ3) is 6.83. The molecule has 2 amide bonds. The normalized spacial score (nSPS) is 20.0. The second-order valence-corrected chi connectivity index (χ2v) is 13.2. The molecular formula is C36H36ClN3O7. The summed E-state index contributed by atoms with van der Waals surface area (Å²) >= 11 is 6.97. The molecule has 0 radical (unpaired) electrons. The molecule has 3 aliphatic rings. The molecule has 1 aliphatic carbocycles. The highest BCUT2D eigenvalue weighted by molar-refractivity contribution is 6.31. The van der Waals surface area contributed by atoms with Crippen LogP contribution in [-0.4, -0.2) is 41.3 Å². The standard InChI is InChI=1S/C36H36ClN3O7/c1-36(2)18-26-32(29(42)19-36)34(23-12-11-22(17-24(23)37)47-20-21-7-4-3-5-8-21)40(27-9-6-10-28(41)33(27)39-26)31(44)14-13-30(43)38-25-15-16-46-35(25)45/h3-12,17,25,34,39,41H,13-16,18-20H2,1-2H3,(H,38,43). The number of halogens is 1. The van der Waals surface area contributed by atoms with Gasteiger partial charge in [0.2, 0.25) is 11.8 Å². The molecule has 1 saturated heterocycles. The molecule has 244 valence electrons. The average Bonchev–Trinajstić information content (AvgIpc) is 3.36. The average molecular weight is 658 g/mol. The summed E-state index contributed by atoms with van der Waals surface area (Å²) < 4.78 is 10.9. The van der Waals surface area contributed by atoms with E-state index >= 15 is 0 Å². The van der Waals surface area contributed by atoms with Gasteiger partial charge in [-0.15, -0.1) is 0 Å². The fourth-order valence-corrected chi connectivity index (χ4v) is 6.68. The molecule has 3 N–H and O–H groups in total. The molecule has 3 aromatic carbocycles. The summed E-state index contributed by atoms with van der Waals surface area (Å²) in [6, 6.07) is 17.9. The minimum absolute atomic E-state index is 0.100. The minimum Gasteiger partial charge on any atom is -0.506 e. The second kappa shape index (κ2) is 13.1. The molecule has 2 atom stereocenters. The number of phenolic OH excluding ortho intramolecular Hbond substituents is 1. The quantitative estimate of drug-likeness (QED) is 0.199. The van der Waals surface area contributed by atoms with Crippen LogP contribution in [0.4, 0.5) is 11.4 Å². The zero-order valence-electron chi connectivity index (χ0n) is 26.2. The van der Waals surface area contributed by atoms with E-state index in [-0.39, 0.29) is 53.5 Å². The molecule has 10 nitrogen and oxygen atoms in total. The van der Waals surface area contributed by atoms with Crippen molar-refractivity contribution < 1.29 is 33.8 Å². The third-order valence-corrected chi connectivity index (χ3v) is 8.95. The number of hydrogen-bond acceptors (Lipinski definition) is 8. The number of phenols is 1. The number of carbonyl (C=O) groups is 4. The minimum atomic E-state index is -0.972. The number of ether oxygens (including phenoxy) is 2. The Labute approximate surface area is 277 Å². The first-order chi connectivity index (χ1) is 22.5. The number of anilines is 2. The number of fused-ring (bicyclic) bond motifs is 1. The van der Waals surface area contributed by atoms with Gasteiger partial charge in [0.1, 0.15) is 29.8 Å². The molecule has 0 bridgehead atoms. The van der Waals surface area contributed by atoms with Crippen molar-refractivity contribution in [2.45, 2.75) is 64.6 Å². The van der Waals surface area contributed by atoms with Crippen molar-refractivity contribution in [3.8, 4) is 11.5 Å². The van der Waals surface area contributed by atoms with Crippen molar-refractivity contribution in [3.05, 3.63) is 94.1 Å². The number of benzene rings is 3. The van der Waals surface area contributed by atoms with Gasteiger partial charge in [-0.3, -0.25) is 19.3 Å². The van der Waals surface area contributed by atoms with Crippen molar-refractivity contribution in [2.24, 2.45) is 5.41 Å². The van der Waals surface area contributed by atoms with Gasteiger partial charge < -0.3 is 25.2 Å². The topological polar surface area (TPSA) is 134 Å². The molecule has 3 aromatic rings. The smallest absolute Gasteiger partial charge is 0.328 e. The number of esters is 1. The van der Waals surface area contributed by atoms with Gasteiger partial charge in [0, 0.05) is 42.0 Å². The maximum absolute atomic E-state index is 14.3. The first-order valence-corrected chi connectivity index (χ1v) is 16.0. The first kappa shape index (κ1) is 32.1. The zero-order chi connectivity index (χ0) is 33.3. The summed E-state index contributed by atoms with van der Waals surface area (Å²) in [6.07, 6.45) is 0.641. The summed E-state index contributed by atoms with van der Waals surface area (Å²) in [5.74, 6) is -1.20. The maximum Gasteiger partial charge on any atom is 0.328 e. The molecule has 0 saturated carbocycles. The van der Waals surface area contributed by atoms with Crippen LogP contribution in [0.1, 0.15) is 63.1 Å². The number of nitrogens with zero attached hydrogens (tertiary/aromatic N) is 1. The SMILES string of the molecule is CC1(C)CC(=O)C2=C(C1)Nc1c(O)cccc1N(C(=O)CCC(=O)NC1CCOC1=O)C2c1ccc(OCc2ccccc2)cc1Cl. The number of amides is 2. The number of Topliss-reactive ketones (excluding diaryl/α,β-unsaturated/α-hetero) is 1. The summed E-state index contributed by atoms with van der Waals surface area (Å²) in [5, 5.41) is 17.2. The first-order valence-electron chi connectivity index (χ1n) is 15.6. The molecule has 2 unspecified atom stereocenters. The molecule has 0 aromatic heterocycles. The van der Waals surface area contributed by atoms with Crippen LogP contribution in [0.25, 0.3) is 0 Å². The van der Waals surface area contributed by atoms with E-state index in [4.69, 9.17) is 21.1 Å². The Bertz CT molecular complexity index is 1770. The molecule has 11 heteroatoms. The van der Waals surface area contributed by atoms with Crippen molar-refractivity contribution in [1.29, 1.82) is 0 Å². The molecule has 2 heterocycles. The van der Waals surface area contributed by atoms with Gasteiger partial charge in [0.15, 0.2) is 5.78 Å². The van der Waals surface area contributed by atoms with Gasteiger partial charge >= 0.3 is 5.97 Å². The Balaban J connectivity index is 1.39. The molecule has 6 rings (SSSR count). The summed E-state index contributed by atoms with van der Waals surface area (Å²) in [4.78, 5) is 54.5. The fourth-order valence-electron chi connectivity index (χ4n) is 6.41.